The van der Waals surface area contributed by atoms with Gasteiger partial charge < -0.3 is 9.64 Å². The summed E-state index contributed by atoms with van der Waals surface area (Å²) in [7, 11) is 0. The van der Waals surface area contributed by atoms with E-state index in [1.165, 1.54) is 0 Å². The van der Waals surface area contributed by atoms with Gasteiger partial charge >= 0.3 is 0 Å². The van der Waals surface area contributed by atoms with E-state index in [4.69, 9.17) is 4.74 Å². The molecule has 0 aromatic carbocycles. The largest absolute Gasteiger partial charge is 0.375 e. The molecule has 0 aromatic rings. The number of amides is 1. The van der Waals surface area contributed by atoms with Gasteiger partial charge in [0.05, 0.1) is 18.8 Å². The first kappa shape index (κ1) is 9.93. The van der Waals surface area contributed by atoms with Crippen molar-refractivity contribution in [1.82, 2.24) is 10.2 Å². The highest BCUT2D eigenvalue weighted by Gasteiger charge is 2.35. The van der Waals surface area contributed by atoms with Crippen LogP contribution in [0.2, 0.25) is 0 Å². The zero-order valence-corrected chi connectivity index (χ0v) is 8.88. The fourth-order valence-corrected chi connectivity index (χ4v) is 2.27. The summed E-state index contributed by atoms with van der Waals surface area (Å²) in [5.74, 6) is 0.229. The second kappa shape index (κ2) is 3.51. The molecule has 0 spiro atoms. The lowest BCUT2D eigenvalue weighted by molar-refractivity contribution is -0.134. The van der Waals surface area contributed by atoms with Gasteiger partial charge in [0.15, 0.2) is 0 Å². The second-order valence-electron chi connectivity index (χ2n) is 4.70. The van der Waals surface area contributed by atoms with Crippen molar-refractivity contribution in [3.63, 3.8) is 0 Å². The van der Waals surface area contributed by atoms with E-state index in [1.54, 1.807) is 0 Å². The Morgan fingerprint density at radius 1 is 1.57 bits per heavy atom. The zero-order valence-electron chi connectivity index (χ0n) is 8.88. The maximum atomic E-state index is 11.5. The minimum atomic E-state index is -0.0776. The Hall–Kier alpha value is -0.610. The summed E-state index contributed by atoms with van der Waals surface area (Å²) in [6, 6.07) is 0.362. The Morgan fingerprint density at radius 2 is 2.36 bits per heavy atom. The van der Waals surface area contributed by atoms with Crippen LogP contribution >= 0.6 is 0 Å². The van der Waals surface area contributed by atoms with E-state index in [0.29, 0.717) is 19.3 Å². The number of carbonyl (C=O) groups is 1. The van der Waals surface area contributed by atoms with E-state index >= 15 is 0 Å². The molecular weight excluding hydrogens is 180 g/mol. The average Bonchev–Trinajstić information content (AvgIpc) is 2.49. The molecule has 2 aliphatic heterocycles. The predicted molar refractivity (Wildman–Crippen MR) is 52.8 cm³/mol. The van der Waals surface area contributed by atoms with Crippen LogP contribution in [0.3, 0.4) is 0 Å². The van der Waals surface area contributed by atoms with Crippen LogP contribution in [0.25, 0.3) is 0 Å². The molecule has 1 unspecified atom stereocenters. The molecule has 2 heterocycles. The molecule has 0 saturated carbocycles. The lowest BCUT2D eigenvalue weighted by atomic mass is 9.93. The van der Waals surface area contributed by atoms with Crippen molar-refractivity contribution in [3.05, 3.63) is 0 Å². The quantitative estimate of drug-likeness (QED) is 0.660. The van der Waals surface area contributed by atoms with Crippen LogP contribution in [0.5, 0.6) is 0 Å². The summed E-state index contributed by atoms with van der Waals surface area (Å²) >= 11 is 0. The highest BCUT2D eigenvalue weighted by atomic mass is 16.5. The molecule has 2 saturated heterocycles. The normalized spacial score (nSPS) is 32.3. The summed E-state index contributed by atoms with van der Waals surface area (Å²) in [5.41, 5.74) is -0.0776. The van der Waals surface area contributed by atoms with Gasteiger partial charge in [-0.3, -0.25) is 10.1 Å². The molecule has 80 valence electrons. The molecule has 1 atom stereocenters. The van der Waals surface area contributed by atoms with Gasteiger partial charge in [-0.2, -0.15) is 0 Å². The topological polar surface area (TPSA) is 41.6 Å². The standard InChI is InChI=1S/C10H18N2O2/c1-10(2)5-8(3-4-14-10)12-7-11-6-9(12)13/h8,11H,3-7H2,1-2H3. The maximum absolute atomic E-state index is 11.5. The number of carbonyl (C=O) groups excluding carboxylic acids is 1. The number of nitrogens with zero attached hydrogens (tertiary/aromatic N) is 1. The molecule has 1 N–H and O–H groups in total. The minimum absolute atomic E-state index is 0.0776. The number of nitrogens with one attached hydrogen (secondary N) is 1. The molecule has 2 aliphatic rings. The monoisotopic (exact) mass is 198 g/mol. The Kier molecular flexibility index (Phi) is 2.49. The summed E-state index contributed by atoms with van der Waals surface area (Å²) in [4.78, 5) is 13.5. The van der Waals surface area contributed by atoms with E-state index < -0.39 is 0 Å². The smallest absolute Gasteiger partial charge is 0.237 e. The number of ether oxygens (including phenoxy) is 1. The van der Waals surface area contributed by atoms with Gasteiger partial charge in [-0.05, 0) is 26.7 Å². The van der Waals surface area contributed by atoms with Crippen molar-refractivity contribution in [2.75, 3.05) is 19.8 Å². The van der Waals surface area contributed by atoms with Crippen LogP contribution in [0.15, 0.2) is 0 Å². The lowest BCUT2D eigenvalue weighted by Gasteiger charge is -2.39. The first-order chi connectivity index (χ1) is 6.58. The first-order valence-electron chi connectivity index (χ1n) is 5.23. The van der Waals surface area contributed by atoms with Crippen LogP contribution in [0.4, 0.5) is 0 Å². The maximum Gasteiger partial charge on any atom is 0.237 e. The third kappa shape index (κ3) is 1.91. The Labute approximate surface area is 84.6 Å². The molecule has 4 nitrogen and oxygen atoms in total. The molecule has 0 bridgehead atoms. The first-order valence-corrected chi connectivity index (χ1v) is 5.23. The van der Waals surface area contributed by atoms with Gasteiger partial charge in [0, 0.05) is 12.6 Å². The lowest BCUT2D eigenvalue weighted by Crippen LogP contribution is -2.47. The van der Waals surface area contributed by atoms with Crippen molar-refractivity contribution in [2.24, 2.45) is 0 Å². The van der Waals surface area contributed by atoms with Gasteiger partial charge in [-0.15, -0.1) is 0 Å². The van der Waals surface area contributed by atoms with Gasteiger partial charge in [-0.1, -0.05) is 0 Å². The summed E-state index contributed by atoms with van der Waals surface area (Å²) < 4.78 is 5.63. The van der Waals surface area contributed by atoms with Crippen molar-refractivity contribution in [3.8, 4) is 0 Å². The van der Waals surface area contributed by atoms with Gasteiger partial charge in [0.1, 0.15) is 0 Å². The highest BCUT2D eigenvalue weighted by Crippen LogP contribution is 2.27. The van der Waals surface area contributed by atoms with E-state index in [-0.39, 0.29) is 11.5 Å². The van der Waals surface area contributed by atoms with Crippen LogP contribution in [0.1, 0.15) is 26.7 Å². The Bertz CT molecular complexity index is 240. The summed E-state index contributed by atoms with van der Waals surface area (Å²) in [6.45, 7) is 6.15. The zero-order chi connectivity index (χ0) is 10.2. The van der Waals surface area contributed by atoms with Crippen LogP contribution < -0.4 is 5.32 Å². The number of hydrogen-bond donors (Lipinski definition) is 1. The molecule has 2 fully saturated rings. The van der Waals surface area contributed by atoms with E-state index in [0.717, 1.165) is 19.4 Å². The summed E-state index contributed by atoms with van der Waals surface area (Å²) in [5, 5.41) is 3.08. The third-order valence-corrected chi connectivity index (χ3v) is 2.99. The number of rotatable bonds is 1. The van der Waals surface area contributed by atoms with Crippen molar-refractivity contribution in [2.45, 2.75) is 38.3 Å². The fraction of sp³-hybridized carbons (Fsp3) is 0.900. The third-order valence-electron chi connectivity index (χ3n) is 2.99. The molecule has 0 aliphatic carbocycles. The van der Waals surface area contributed by atoms with Crippen LogP contribution in [-0.4, -0.2) is 42.3 Å². The molecule has 14 heavy (non-hydrogen) atoms. The SMILES string of the molecule is CC1(C)CC(N2CNCC2=O)CCO1. The van der Waals surface area contributed by atoms with Gasteiger partial charge in [-0.25, -0.2) is 0 Å². The fourth-order valence-electron chi connectivity index (χ4n) is 2.27. The van der Waals surface area contributed by atoms with Crippen LogP contribution in [0, 0.1) is 0 Å². The van der Waals surface area contributed by atoms with Crippen LogP contribution in [-0.2, 0) is 9.53 Å². The average molecular weight is 198 g/mol. The van der Waals surface area contributed by atoms with Crippen molar-refractivity contribution in [1.29, 1.82) is 0 Å². The molecule has 0 aromatic heterocycles. The van der Waals surface area contributed by atoms with Gasteiger partial charge in [0.2, 0.25) is 5.91 Å². The molecule has 2 rings (SSSR count). The Balaban J connectivity index is 2.00. The van der Waals surface area contributed by atoms with E-state index in [2.05, 4.69) is 19.2 Å². The number of hydrogen-bond acceptors (Lipinski definition) is 3. The second-order valence-corrected chi connectivity index (χ2v) is 4.70. The predicted octanol–water partition coefficient (Wildman–Crippen LogP) is 0.333. The summed E-state index contributed by atoms with van der Waals surface area (Å²) in [6.07, 6.45) is 1.91. The molecule has 1 amide bonds. The molecular formula is C10H18N2O2. The van der Waals surface area contributed by atoms with Gasteiger partial charge in [0.25, 0.3) is 0 Å². The Morgan fingerprint density at radius 3 is 2.93 bits per heavy atom. The molecule has 4 heteroatoms. The molecule has 0 radical (unpaired) electrons. The van der Waals surface area contributed by atoms with E-state index in [9.17, 15) is 4.79 Å². The van der Waals surface area contributed by atoms with E-state index in [1.807, 2.05) is 4.90 Å². The minimum Gasteiger partial charge on any atom is -0.375 e. The van der Waals surface area contributed by atoms with Crippen molar-refractivity contribution < 1.29 is 9.53 Å². The van der Waals surface area contributed by atoms with Crippen molar-refractivity contribution >= 4 is 5.91 Å². The highest BCUT2D eigenvalue weighted by molar-refractivity contribution is 5.80.